The van der Waals surface area contributed by atoms with Crippen molar-refractivity contribution < 1.29 is 14.3 Å². The fraction of sp³-hybridized carbons (Fsp3) is 0.857. The largest absolute Gasteiger partial charge is 0.347 e. The summed E-state index contributed by atoms with van der Waals surface area (Å²) in [4.78, 5) is 10.9. The third kappa shape index (κ3) is 2.17. The van der Waals surface area contributed by atoms with Crippen molar-refractivity contribution in [1.82, 2.24) is 5.43 Å². The normalized spacial score (nSPS) is 35.1. The van der Waals surface area contributed by atoms with Crippen LogP contribution in [0.15, 0.2) is 0 Å². The van der Waals surface area contributed by atoms with Crippen molar-refractivity contribution in [1.29, 1.82) is 0 Å². The number of amides is 1. The van der Waals surface area contributed by atoms with Gasteiger partial charge in [0.1, 0.15) is 0 Å². The molecule has 1 aliphatic heterocycles. The summed E-state index contributed by atoms with van der Waals surface area (Å²) in [6.07, 6.45) is 0.175. The maximum Gasteiger partial charge on any atom is 0.239 e. The number of hydrazine groups is 1. The highest BCUT2D eigenvalue weighted by atomic mass is 16.7. The van der Waals surface area contributed by atoms with E-state index in [0.717, 1.165) is 0 Å². The minimum absolute atomic E-state index is 0.0422. The third-order valence-corrected chi connectivity index (χ3v) is 1.72. The molecular weight excluding hydrogens is 160 g/mol. The SMILES string of the molecule is C[C@@H]1CO[C@](C)(CC(=O)NN)O1. The Morgan fingerprint density at radius 2 is 2.50 bits per heavy atom. The lowest BCUT2D eigenvalue weighted by molar-refractivity contribution is -0.165. The number of hydrogen-bond acceptors (Lipinski definition) is 4. The zero-order valence-corrected chi connectivity index (χ0v) is 7.29. The molecule has 5 nitrogen and oxygen atoms in total. The van der Waals surface area contributed by atoms with E-state index in [9.17, 15) is 4.79 Å². The highest BCUT2D eigenvalue weighted by Crippen LogP contribution is 2.25. The molecule has 3 N–H and O–H groups in total. The molecule has 5 heteroatoms. The number of rotatable bonds is 2. The van der Waals surface area contributed by atoms with Crippen LogP contribution in [0.1, 0.15) is 20.3 Å². The van der Waals surface area contributed by atoms with Crippen molar-refractivity contribution >= 4 is 5.91 Å². The number of carbonyl (C=O) groups is 1. The quantitative estimate of drug-likeness (QED) is 0.337. The van der Waals surface area contributed by atoms with Gasteiger partial charge in [0.25, 0.3) is 0 Å². The molecule has 0 unspecified atom stereocenters. The molecule has 0 aromatic rings. The van der Waals surface area contributed by atoms with E-state index in [0.29, 0.717) is 6.61 Å². The summed E-state index contributed by atoms with van der Waals surface area (Å²) in [7, 11) is 0. The molecule has 70 valence electrons. The molecule has 1 amide bonds. The predicted molar refractivity (Wildman–Crippen MR) is 41.9 cm³/mol. The van der Waals surface area contributed by atoms with Crippen LogP contribution in [0.4, 0.5) is 0 Å². The van der Waals surface area contributed by atoms with Crippen LogP contribution >= 0.6 is 0 Å². The number of hydrogen-bond donors (Lipinski definition) is 2. The van der Waals surface area contributed by atoms with E-state index >= 15 is 0 Å². The van der Waals surface area contributed by atoms with Gasteiger partial charge in [-0.3, -0.25) is 10.2 Å². The van der Waals surface area contributed by atoms with Crippen LogP contribution in [0, 0.1) is 0 Å². The lowest BCUT2D eigenvalue weighted by Crippen LogP contribution is -2.38. The monoisotopic (exact) mass is 174 g/mol. The van der Waals surface area contributed by atoms with Gasteiger partial charge in [-0.05, 0) is 13.8 Å². The van der Waals surface area contributed by atoms with Crippen LogP contribution in [0.2, 0.25) is 0 Å². The van der Waals surface area contributed by atoms with Gasteiger partial charge in [0.2, 0.25) is 5.91 Å². The Morgan fingerprint density at radius 1 is 1.83 bits per heavy atom. The lowest BCUT2D eigenvalue weighted by atomic mass is 10.2. The molecule has 1 saturated heterocycles. The van der Waals surface area contributed by atoms with E-state index in [1.807, 2.05) is 12.3 Å². The van der Waals surface area contributed by atoms with Crippen LogP contribution in [-0.4, -0.2) is 24.4 Å². The van der Waals surface area contributed by atoms with Crippen molar-refractivity contribution in [2.45, 2.75) is 32.2 Å². The van der Waals surface area contributed by atoms with Crippen molar-refractivity contribution in [3.8, 4) is 0 Å². The molecule has 2 atom stereocenters. The first-order valence-electron chi connectivity index (χ1n) is 3.87. The molecule has 1 fully saturated rings. The maximum atomic E-state index is 10.9. The molecular formula is C7H14N2O3. The first kappa shape index (κ1) is 9.44. The maximum absolute atomic E-state index is 10.9. The van der Waals surface area contributed by atoms with E-state index in [1.165, 1.54) is 0 Å². The number of carbonyl (C=O) groups excluding carboxylic acids is 1. The minimum atomic E-state index is -0.803. The zero-order valence-electron chi connectivity index (χ0n) is 7.29. The van der Waals surface area contributed by atoms with Crippen LogP contribution in [0.3, 0.4) is 0 Å². The van der Waals surface area contributed by atoms with Crippen LogP contribution in [0.5, 0.6) is 0 Å². The van der Waals surface area contributed by atoms with Crippen molar-refractivity contribution in [2.75, 3.05) is 6.61 Å². The minimum Gasteiger partial charge on any atom is -0.347 e. The molecule has 1 heterocycles. The topological polar surface area (TPSA) is 73.6 Å². The fourth-order valence-corrected chi connectivity index (χ4v) is 1.22. The third-order valence-electron chi connectivity index (χ3n) is 1.72. The molecule has 1 aliphatic rings. The smallest absolute Gasteiger partial charge is 0.239 e. The summed E-state index contributed by atoms with van der Waals surface area (Å²) in [6, 6.07) is 0. The standard InChI is InChI=1S/C7H14N2O3/c1-5-4-11-7(2,12-5)3-6(10)9-8/h5H,3-4,8H2,1-2H3,(H,9,10)/t5-,7+/m1/s1. The van der Waals surface area contributed by atoms with Crippen molar-refractivity contribution in [2.24, 2.45) is 5.84 Å². The molecule has 0 radical (unpaired) electrons. The molecule has 0 aromatic heterocycles. The van der Waals surface area contributed by atoms with E-state index in [1.54, 1.807) is 6.92 Å². The predicted octanol–water partition coefficient (Wildman–Crippen LogP) is -0.482. The average Bonchev–Trinajstić information content (AvgIpc) is 2.30. The Labute approximate surface area is 71.2 Å². The van der Waals surface area contributed by atoms with Gasteiger partial charge in [-0.15, -0.1) is 0 Å². The highest BCUT2D eigenvalue weighted by molar-refractivity contribution is 5.76. The van der Waals surface area contributed by atoms with Crippen LogP contribution < -0.4 is 11.3 Å². The zero-order chi connectivity index (χ0) is 9.19. The molecule has 0 bridgehead atoms. The Bertz CT molecular complexity index is 185. The molecule has 0 aliphatic carbocycles. The Morgan fingerprint density at radius 3 is 2.92 bits per heavy atom. The van der Waals surface area contributed by atoms with Gasteiger partial charge in [-0.25, -0.2) is 5.84 Å². The Hall–Kier alpha value is -0.650. The second-order valence-corrected chi connectivity index (χ2v) is 3.12. The molecule has 1 rings (SSSR count). The van der Waals surface area contributed by atoms with E-state index < -0.39 is 5.79 Å². The molecule has 0 saturated carbocycles. The van der Waals surface area contributed by atoms with Gasteiger partial charge in [0.15, 0.2) is 5.79 Å². The highest BCUT2D eigenvalue weighted by Gasteiger charge is 2.36. The lowest BCUT2D eigenvalue weighted by Gasteiger charge is -2.21. The summed E-state index contributed by atoms with van der Waals surface area (Å²) < 4.78 is 10.7. The van der Waals surface area contributed by atoms with E-state index in [-0.39, 0.29) is 18.4 Å². The second-order valence-electron chi connectivity index (χ2n) is 3.12. The van der Waals surface area contributed by atoms with E-state index in [4.69, 9.17) is 15.3 Å². The Balaban J connectivity index is 2.45. The number of ether oxygens (including phenoxy) is 2. The van der Waals surface area contributed by atoms with Crippen molar-refractivity contribution in [3.05, 3.63) is 0 Å². The summed E-state index contributed by atoms with van der Waals surface area (Å²) >= 11 is 0. The summed E-state index contributed by atoms with van der Waals surface area (Å²) in [5.41, 5.74) is 2.03. The number of nitrogens with one attached hydrogen (secondary N) is 1. The first-order chi connectivity index (χ1) is 5.56. The van der Waals surface area contributed by atoms with Gasteiger partial charge in [0.05, 0.1) is 19.1 Å². The van der Waals surface area contributed by atoms with Crippen LogP contribution in [-0.2, 0) is 14.3 Å². The average molecular weight is 174 g/mol. The summed E-state index contributed by atoms with van der Waals surface area (Å²) in [6.45, 7) is 4.14. The number of nitrogens with two attached hydrogens (primary N) is 1. The van der Waals surface area contributed by atoms with Gasteiger partial charge in [-0.2, -0.15) is 0 Å². The Kier molecular flexibility index (Phi) is 2.66. The molecule has 0 aromatic carbocycles. The second kappa shape index (κ2) is 3.38. The summed E-state index contributed by atoms with van der Waals surface area (Å²) in [5, 5.41) is 0. The van der Waals surface area contributed by atoms with Crippen molar-refractivity contribution in [3.63, 3.8) is 0 Å². The van der Waals surface area contributed by atoms with Gasteiger partial charge in [-0.1, -0.05) is 0 Å². The first-order valence-corrected chi connectivity index (χ1v) is 3.87. The van der Waals surface area contributed by atoms with Gasteiger partial charge in [0, 0.05) is 0 Å². The van der Waals surface area contributed by atoms with Crippen LogP contribution in [0.25, 0.3) is 0 Å². The van der Waals surface area contributed by atoms with Gasteiger partial charge < -0.3 is 9.47 Å². The fourth-order valence-electron chi connectivity index (χ4n) is 1.22. The molecule has 12 heavy (non-hydrogen) atoms. The van der Waals surface area contributed by atoms with Gasteiger partial charge >= 0.3 is 0 Å². The van der Waals surface area contributed by atoms with E-state index in [2.05, 4.69) is 0 Å². The summed E-state index contributed by atoms with van der Waals surface area (Å²) in [5.74, 6) is 3.84. The molecule has 0 spiro atoms.